The number of hydrogen-bond donors (Lipinski definition) is 1. The lowest BCUT2D eigenvalue weighted by molar-refractivity contribution is 0.382. The zero-order valence-electron chi connectivity index (χ0n) is 12.2. The van der Waals surface area contributed by atoms with Gasteiger partial charge in [0, 0.05) is 10.6 Å². The van der Waals surface area contributed by atoms with Gasteiger partial charge in [-0.15, -0.1) is 0 Å². The molecular weight excluding hydrogens is 276 g/mol. The highest BCUT2D eigenvalue weighted by molar-refractivity contribution is 6.30. The van der Waals surface area contributed by atoms with E-state index >= 15 is 0 Å². The molecule has 0 bridgehead atoms. The molecule has 0 unspecified atom stereocenters. The Morgan fingerprint density at radius 2 is 2.10 bits per heavy atom. The van der Waals surface area contributed by atoms with Crippen molar-refractivity contribution in [2.45, 2.75) is 32.9 Å². The molecule has 2 aromatic rings. The van der Waals surface area contributed by atoms with Gasteiger partial charge in [0.25, 0.3) is 0 Å². The Balaban J connectivity index is 2.22. The summed E-state index contributed by atoms with van der Waals surface area (Å²) in [6.45, 7) is 6.86. The molecule has 2 rings (SSSR count). The number of aromatic nitrogens is 1. The lowest BCUT2D eigenvalue weighted by Gasteiger charge is -2.18. The van der Waals surface area contributed by atoms with Crippen molar-refractivity contribution in [3.8, 4) is 17.1 Å². The zero-order chi connectivity index (χ0) is 14.8. The van der Waals surface area contributed by atoms with Crippen LogP contribution in [-0.4, -0.2) is 17.6 Å². The molecule has 0 saturated heterocycles. The van der Waals surface area contributed by atoms with Crippen LogP contribution < -0.4 is 10.1 Å². The van der Waals surface area contributed by atoms with Gasteiger partial charge < -0.3 is 14.5 Å². The molecule has 0 spiro atoms. The predicted octanol–water partition coefficient (Wildman–Crippen LogP) is 3.89. The van der Waals surface area contributed by atoms with Crippen molar-refractivity contribution in [1.82, 2.24) is 10.3 Å². The molecule has 0 amide bonds. The lowest BCUT2D eigenvalue weighted by atomic mass is 10.1. The second kappa shape index (κ2) is 5.85. The second-order valence-corrected chi connectivity index (χ2v) is 6.00. The fourth-order valence-electron chi connectivity index (χ4n) is 1.73. The van der Waals surface area contributed by atoms with Crippen molar-refractivity contribution in [3.05, 3.63) is 35.3 Å². The molecule has 1 aromatic heterocycles. The van der Waals surface area contributed by atoms with Crippen LogP contribution in [0.3, 0.4) is 0 Å². The van der Waals surface area contributed by atoms with Gasteiger partial charge in [-0.3, -0.25) is 0 Å². The Kier molecular flexibility index (Phi) is 4.35. The Labute approximate surface area is 124 Å². The third-order valence-electron chi connectivity index (χ3n) is 2.75. The summed E-state index contributed by atoms with van der Waals surface area (Å²) < 4.78 is 11.1. The smallest absolute Gasteiger partial charge is 0.208 e. The second-order valence-electron chi connectivity index (χ2n) is 5.57. The number of rotatable bonds is 4. The maximum absolute atomic E-state index is 6.02. The number of oxazole rings is 1. The summed E-state index contributed by atoms with van der Waals surface area (Å²) in [7, 11) is 1.62. The molecular formula is C15H19ClN2O2. The molecule has 108 valence electrons. The van der Waals surface area contributed by atoms with Gasteiger partial charge in [-0.1, -0.05) is 11.6 Å². The first-order valence-corrected chi connectivity index (χ1v) is 6.80. The van der Waals surface area contributed by atoms with Gasteiger partial charge >= 0.3 is 0 Å². The van der Waals surface area contributed by atoms with Crippen molar-refractivity contribution in [3.63, 3.8) is 0 Å². The van der Waals surface area contributed by atoms with Gasteiger partial charge in [0.2, 0.25) is 5.89 Å². The maximum atomic E-state index is 6.02. The van der Waals surface area contributed by atoms with Crippen molar-refractivity contribution in [2.75, 3.05) is 7.11 Å². The number of nitrogens with zero attached hydrogens (tertiary/aromatic N) is 1. The van der Waals surface area contributed by atoms with E-state index in [4.69, 9.17) is 20.8 Å². The monoisotopic (exact) mass is 294 g/mol. The summed E-state index contributed by atoms with van der Waals surface area (Å²) in [5.41, 5.74) is 0.817. The molecule has 0 aliphatic carbocycles. The average molecular weight is 295 g/mol. The van der Waals surface area contributed by atoms with Gasteiger partial charge in [-0.05, 0) is 39.0 Å². The maximum Gasteiger partial charge on any atom is 0.208 e. The van der Waals surface area contributed by atoms with Crippen LogP contribution in [0.4, 0.5) is 0 Å². The van der Waals surface area contributed by atoms with Crippen LogP contribution >= 0.6 is 11.6 Å². The van der Waals surface area contributed by atoms with E-state index in [0.29, 0.717) is 29.0 Å². The highest BCUT2D eigenvalue weighted by atomic mass is 35.5. The molecule has 0 radical (unpaired) electrons. The van der Waals surface area contributed by atoms with Gasteiger partial charge in [-0.25, -0.2) is 4.98 Å². The highest BCUT2D eigenvalue weighted by Gasteiger charge is 2.14. The largest absolute Gasteiger partial charge is 0.496 e. The molecule has 0 fully saturated rings. The standard InChI is InChI=1S/C15H19ClN2O2/c1-15(2,3)18-9-14-17-8-13(20-14)11-7-10(16)5-6-12(11)19-4/h5-8,18H,9H2,1-4H3. The third kappa shape index (κ3) is 3.74. The van der Waals surface area contributed by atoms with Crippen LogP contribution in [0, 0.1) is 0 Å². The van der Waals surface area contributed by atoms with E-state index in [-0.39, 0.29) is 5.54 Å². The van der Waals surface area contributed by atoms with E-state index < -0.39 is 0 Å². The fourth-order valence-corrected chi connectivity index (χ4v) is 1.90. The van der Waals surface area contributed by atoms with E-state index in [1.54, 1.807) is 19.4 Å². The Morgan fingerprint density at radius 1 is 1.35 bits per heavy atom. The number of benzene rings is 1. The molecule has 0 saturated carbocycles. The summed E-state index contributed by atoms with van der Waals surface area (Å²) in [6.07, 6.45) is 1.69. The molecule has 20 heavy (non-hydrogen) atoms. The minimum absolute atomic E-state index is 0.0162. The molecule has 5 heteroatoms. The number of methoxy groups -OCH3 is 1. The first-order valence-electron chi connectivity index (χ1n) is 6.43. The number of hydrogen-bond acceptors (Lipinski definition) is 4. The van der Waals surface area contributed by atoms with Crippen molar-refractivity contribution in [1.29, 1.82) is 0 Å². The Hall–Kier alpha value is -1.52. The van der Waals surface area contributed by atoms with Gasteiger partial charge in [0.05, 0.1) is 25.4 Å². The van der Waals surface area contributed by atoms with Crippen LogP contribution in [0.15, 0.2) is 28.8 Å². The zero-order valence-corrected chi connectivity index (χ0v) is 12.9. The summed E-state index contributed by atoms with van der Waals surface area (Å²) in [4.78, 5) is 4.27. The minimum Gasteiger partial charge on any atom is -0.496 e. The SMILES string of the molecule is COc1ccc(Cl)cc1-c1cnc(CNC(C)(C)C)o1. The highest BCUT2D eigenvalue weighted by Crippen LogP contribution is 2.32. The Bertz CT molecular complexity index is 588. The van der Waals surface area contributed by atoms with Gasteiger partial charge in [0.1, 0.15) is 5.75 Å². The number of nitrogens with one attached hydrogen (secondary N) is 1. The van der Waals surface area contributed by atoms with E-state index in [9.17, 15) is 0 Å². The number of halogens is 1. The van der Waals surface area contributed by atoms with Gasteiger partial charge in [0.15, 0.2) is 5.76 Å². The topological polar surface area (TPSA) is 47.3 Å². The predicted molar refractivity (Wildman–Crippen MR) is 80.1 cm³/mol. The van der Waals surface area contributed by atoms with Crippen LogP contribution in [0.5, 0.6) is 5.75 Å². The fraction of sp³-hybridized carbons (Fsp3) is 0.400. The normalized spacial score (nSPS) is 11.7. The molecule has 0 aliphatic rings. The number of ether oxygens (including phenoxy) is 1. The van der Waals surface area contributed by atoms with Crippen molar-refractivity contribution < 1.29 is 9.15 Å². The van der Waals surface area contributed by atoms with Gasteiger partial charge in [-0.2, -0.15) is 0 Å². The van der Waals surface area contributed by atoms with E-state index in [1.165, 1.54) is 0 Å². The first kappa shape index (κ1) is 14.9. The van der Waals surface area contributed by atoms with Crippen LogP contribution in [-0.2, 0) is 6.54 Å². The first-order chi connectivity index (χ1) is 9.39. The molecule has 4 nitrogen and oxygen atoms in total. The quantitative estimate of drug-likeness (QED) is 0.929. The summed E-state index contributed by atoms with van der Waals surface area (Å²) in [5.74, 6) is 1.99. The minimum atomic E-state index is 0.0162. The Morgan fingerprint density at radius 3 is 2.75 bits per heavy atom. The summed E-state index contributed by atoms with van der Waals surface area (Å²) in [5, 5.41) is 3.96. The molecule has 1 heterocycles. The van der Waals surface area contributed by atoms with E-state index in [0.717, 1.165) is 5.56 Å². The average Bonchev–Trinajstić information content (AvgIpc) is 2.84. The molecule has 1 N–H and O–H groups in total. The van der Waals surface area contributed by atoms with Crippen LogP contribution in [0.25, 0.3) is 11.3 Å². The van der Waals surface area contributed by atoms with Crippen molar-refractivity contribution in [2.24, 2.45) is 0 Å². The van der Waals surface area contributed by atoms with Crippen LogP contribution in [0.2, 0.25) is 5.02 Å². The van der Waals surface area contributed by atoms with E-state index in [1.807, 2.05) is 12.1 Å². The third-order valence-corrected chi connectivity index (χ3v) is 2.99. The van der Waals surface area contributed by atoms with Crippen LogP contribution in [0.1, 0.15) is 26.7 Å². The summed E-state index contributed by atoms with van der Waals surface area (Å²) >= 11 is 6.02. The lowest BCUT2D eigenvalue weighted by Crippen LogP contribution is -2.35. The van der Waals surface area contributed by atoms with Crippen molar-refractivity contribution >= 4 is 11.6 Å². The molecule has 0 atom stereocenters. The molecule has 1 aromatic carbocycles. The molecule has 0 aliphatic heterocycles. The summed E-state index contributed by atoms with van der Waals surface area (Å²) in [6, 6.07) is 5.40. The van der Waals surface area contributed by atoms with E-state index in [2.05, 4.69) is 31.1 Å².